The van der Waals surface area contributed by atoms with Crippen LogP contribution in [0.15, 0.2) is 71.7 Å². The number of carbonyl (C=O) groups is 1. The lowest BCUT2D eigenvalue weighted by atomic mass is 10.1. The average Bonchev–Trinajstić information content (AvgIpc) is 3.20. The minimum Gasteiger partial charge on any atom is -0.296 e. The van der Waals surface area contributed by atoms with Crippen LogP contribution in [0.4, 0.5) is 5.13 Å². The number of hydrogen-bond donors (Lipinski definition) is 1. The summed E-state index contributed by atoms with van der Waals surface area (Å²) in [5.74, 6) is -0.441. The molecular weight excluding hydrogens is 455 g/mol. The third kappa shape index (κ3) is 5.19. The van der Waals surface area contributed by atoms with E-state index in [-0.39, 0.29) is 17.8 Å². The van der Waals surface area contributed by atoms with Gasteiger partial charge in [0.2, 0.25) is 0 Å². The van der Waals surface area contributed by atoms with E-state index in [4.69, 9.17) is 23.2 Å². The molecule has 1 N–H and O–H groups in total. The number of carbonyl (C=O) groups excluding carboxylic acids is 1. The molecule has 0 bridgehead atoms. The lowest BCUT2D eigenvalue weighted by Gasteiger charge is -2.07. The first-order valence-electron chi connectivity index (χ1n) is 9.30. The van der Waals surface area contributed by atoms with Crippen molar-refractivity contribution in [2.75, 3.05) is 5.32 Å². The Morgan fingerprint density at radius 3 is 2.65 bits per heavy atom. The van der Waals surface area contributed by atoms with Crippen molar-refractivity contribution in [1.82, 2.24) is 14.8 Å². The molecule has 0 saturated heterocycles. The molecule has 0 saturated carbocycles. The van der Waals surface area contributed by atoms with E-state index >= 15 is 0 Å². The van der Waals surface area contributed by atoms with E-state index in [2.05, 4.69) is 15.4 Å². The number of anilines is 1. The third-order valence-electron chi connectivity index (χ3n) is 4.44. The van der Waals surface area contributed by atoms with Gasteiger partial charge in [-0.15, -0.1) is 11.3 Å². The first kappa shape index (κ1) is 21.2. The molecule has 156 valence electrons. The SMILES string of the molecule is O=C(Nc1ncc(Cc2cccc(Cl)c2Cl)s1)c1ccc(=O)n(Cc2ccccc2)n1. The van der Waals surface area contributed by atoms with E-state index in [1.807, 2.05) is 42.5 Å². The average molecular weight is 471 g/mol. The van der Waals surface area contributed by atoms with Crippen molar-refractivity contribution in [2.45, 2.75) is 13.0 Å². The summed E-state index contributed by atoms with van der Waals surface area (Å²) in [5.41, 5.74) is 1.64. The van der Waals surface area contributed by atoms with Gasteiger partial charge in [0.05, 0.1) is 16.6 Å². The number of thiazole rings is 1. The molecule has 0 radical (unpaired) electrons. The van der Waals surface area contributed by atoms with E-state index in [1.165, 1.54) is 28.2 Å². The van der Waals surface area contributed by atoms with Gasteiger partial charge in [0, 0.05) is 23.6 Å². The maximum atomic E-state index is 12.6. The van der Waals surface area contributed by atoms with Crippen molar-refractivity contribution in [1.29, 1.82) is 0 Å². The molecule has 2 aromatic heterocycles. The van der Waals surface area contributed by atoms with Crippen molar-refractivity contribution in [3.63, 3.8) is 0 Å². The van der Waals surface area contributed by atoms with E-state index in [0.29, 0.717) is 21.6 Å². The normalized spacial score (nSPS) is 10.8. The van der Waals surface area contributed by atoms with E-state index in [9.17, 15) is 9.59 Å². The molecule has 0 fully saturated rings. The van der Waals surface area contributed by atoms with Crippen LogP contribution < -0.4 is 10.9 Å². The van der Waals surface area contributed by atoms with Gasteiger partial charge in [0.15, 0.2) is 5.13 Å². The van der Waals surface area contributed by atoms with Crippen molar-refractivity contribution >= 4 is 45.6 Å². The first-order chi connectivity index (χ1) is 15.0. The molecule has 4 aromatic rings. The number of nitrogens with zero attached hydrogens (tertiary/aromatic N) is 3. The molecule has 9 heteroatoms. The number of halogens is 2. The quantitative estimate of drug-likeness (QED) is 0.434. The Morgan fingerprint density at radius 2 is 1.84 bits per heavy atom. The summed E-state index contributed by atoms with van der Waals surface area (Å²) in [5, 5.41) is 8.36. The number of benzene rings is 2. The Labute approximate surface area is 192 Å². The Morgan fingerprint density at radius 1 is 1.03 bits per heavy atom. The third-order valence-corrected chi connectivity index (χ3v) is 6.22. The minimum atomic E-state index is -0.441. The second-order valence-corrected chi connectivity index (χ2v) is 8.58. The number of rotatable bonds is 6. The van der Waals surface area contributed by atoms with Crippen LogP contribution in [-0.4, -0.2) is 20.7 Å². The lowest BCUT2D eigenvalue weighted by Crippen LogP contribution is -2.26. The summed E-state index contributed by atoms with van der Waals surface area (Å²) >= 11 is 13.6. The number of amides is 1. The second-order valence-electron chi connectivity index (χ2n) is 6.68. The lowest BCUT2D eigenvalue weighted by molar-refractivity contribution is 0.102. The van der Waals surface area contributed by atoms with Crippen LogP contribution in [0.1, 0.15) is 26.5 Å². The van der Waals surface area contributed by atoms with Crippen molar-refractivity contribution in [2.24, 2.45) is 0 Å². The fourth-order valence-electron chi connectivity index (χ4n) is 2.92. The van der Waals surface area contributed by atoms with Crippen molar-refractivity contribution in [3.8, 4) is 0 Å². The molecule has 0 aliphatic heterocycles. The van der Waals surface area contributed by atoms with Crippen LogP contribution in [0.3, 0.4) is 0 Å². The Hall–Kier alpha value is -3.00. The van der Waals surface area contributed by atoms with Crippen molar-refractivity contribution < 1.29 is 4.79 Å². The molecule has 0 aliphatic carbocycles. The molecule has 0 atom stereocenters. The van der Waals surface area contributed by atoms with Gasteiger partial charge in [-0.25, -0.2) is 9.67 Å². The molecule has 0 unspecified atom stereocenters. The van der Waals surface area contributed by atoms with E-state index in [0.717, 1.165) is 16.0 Å². The fourth-order valence-corrected chi connectivity index (χ4v) is 4.14. The summed E-state index contributed by atoms with van der Waals surface area (Å²) in [7, 11) is 0. The highest BCUT2D eigenvalue weighted by Gasteiger charge is 2.14. The number of nitrogens with one attached hydrogen (secondary N) is 1. The summed E-state index contributed by atoms with van der Waals surface area (Å²) in [4.78, 5) is 29.9. The molecule has 2 heterocycles. The molecule has 2 aromatic carbocycles. The first-order valence-corrected chi connectivity index (χ1v) is 10.9. The smallest absolute Gasteiger partial charge is 0.277 e. The van der Waals surface area contributed by atoms with Gasteiger partial charge in [-0.1, -0.05) is 65.7 Å². The van der Waals surface area contributed by atoms with Crippen molar-refractivity contribution in [3.05, 3.63) is 109 Å². The summed E-state index contributed by atoms with van der Waals surface area (Å²) in [6.45, 7) is 0.280. The largest absolute Gasteiger partial charge is 0.296 e. The zero-order valence-electron chi connectivity index (χ0n) is 16.1. The number of aromatic nitrogens is 3. The maximum absolute atomic E-state index is 12.6. The highest BCUT2D eigenvalue weighted by molar-refractivity contribution is 7.15. The van der Waals surface area contributed by atoms with Gasteiger partial charge >= 0.3 is 0 Å². The zero-order valence-corrected chi connectivity index (χ0v) is 18.4. The van der Waals surface area contributed by atoms with Gasteiger partial charge in [-0.05, 0) is 23.3 Å². The van der Waals surface area contributed by atoms with Crippen LogP contribution in [-0.2, 0) is 13.0 Å². The Kier molecular flexibility index (Phi) is 6.46. The predicted molar refractivity (Wildman–Crippen MR) is 123 cm³/mol. The van der Waals surface area contributed by atoms with Crippen LogP contribution >= 0.6 is 34.5 Å². The zero-order chi connectivity index (χ0) is 21.8. The van der Waals surface area contributed by atoms with Crippen LogP contribution in [0.5, 0.6) is 0 Å². The van der Waals surface area contributed by atoms with E-state index in [1.54, 1.807) is 12.3 Å². The highest BCUT2D eigenvalue weighted by atomic mass is 35.5. The van der Waals surface area contributed by atoms with Gasteiger partial charge in [0.25, 0.3) is 11.5 Å². The Bertz CT molecular complexity index is 1290. The fraction of sp³-hybridized carbons (Fsp3) is 0.0909. The summed E-state index contributed by atoms with van der Waals surface area (Å²) in [6.07, 6.45) is 2.23. The van der Waals surface area contributed by atoms with Gasteiger partial charge in [-0.3, -0.25) is 14.9 Å². The van der Waals surface area contributed by atoms with E-state index < -0.39 is 5.91 Å². The number of hydrogen-bond acceptors (Lipinski definition) is 5. The predicted octanol–water partition coefficient (Wildman–Crippen LogP) is 4.90. The molecule has 4 rings (SSSR count). The standard InChI is InChI=1S/C22H16Cl2N4O2S/c23-17-8-4-7-15(20(17)24)11-16-12-25-22(31-16)26-21(30)18-9-10-19(29)28(27-18)13-14-5-2-1-3-6-14/h1-10,12H,11,13H2,(H,25,26,30). The monoisotopic (exact) mass is 470 g/mol. The molecule has 31 heavy (non-hydrogen) atoms. The van der Waals surface area contributed by atoms with Crippen LogP contribution in [0, 0.1) is 0 Å². The second kappa shape index (κ2) is 9.43. The Balaban J connectivity index is 1.47. The molecule has 6 nitrogen and oxygen atoms in total. The summed E-state index contributed by atoms with van der Waals surface area (Å²) in [6, 6.07) is 17.6. The van der Waals surface area contributed by atoms with Gasteiger partial charge in [0.1, 0.15) is 5.69 Å². The molecule has 0 spiro atoms. The summed E-state index contributed by atoms with van der Waals surface area (Å²) < 4.78 is 1.26. The van der Waals surface area contributed by atoms with Crippen LogP contribution in [0.2, 0.25) is 10.0 Å². The topological polar surface area (TPSA) is 76.9 Å². The molecule has 1 amide bonds. The highest BCUT2D eigenvalue weighted by Crippen LogP contribution is 2.29. The van der Waals surface area contributed by atoms with Crippen LogP contribution in [0.25, 0.3) is 0 Å². The van der Waals surface area contributed by atoms with Gasteiger partial charge in [-0.2, -0.15) is 5.10 Å². The molecular formula is C22H16Cl2N4O2S. The minimum absolute atomic E-state index is 0.130. The maximum Gasteiger partial charge on any atom is 0.277 e. The molecule has 0 aliphatic rings. The van der Waals surface area contributed by atoms with Gasteiger partial charge < -0.3 is 0 Å².